The van der Waals surface area contributed by atoms with Crippen LogP contribution >= 0.6 is 15.9 Å². The molecule has 0 aliphatic rings. The predicted octanol–water partition coefficient (Wildman–Crippen LogP) is 3.75. The van der Waals surface area contributed by atoms with Gasteiger partial charge in [0.2, 0.25) is 5.88 Å². The zero-order valence-corrected chi connectivity index (χ0v) is 13.3. The molecule has 1 aromatic heterocycles. The van der Waals surface area contributed by atoms with Gasteiger partial charge in [0, 0.05) is 24.2 Å². The first-order chi connectivity index (χ1) is 10.1. The molecule has 0 aliphatic heterocycles. The molecule has 5 nitrogen and oxygen atoms in total. The number of ether oxygens (including phenoxy) is 2. The highest BCUT2D eigenvalue weighted by Crippen LogP contribution is 2.26. The molecule has 0 unspecified atom stereocenters. The third-order valence-corrected chi connectivity index (χ3v) is 3.04. The molecule has 0 saturated heterocycles. The molecule has 0 amide bonds. The summed E-state index contributed by atoms with van der Waals surface area (Å²) in [6.45, 7) is 2.71. The molecule has 0 fully saturated rings. The quantitative estimate of drug-likeness (QED) is 0.854. The molecule has 2 aromatic rings. The Bertz CT molecular complexity index is 625. The third-order valence-electron chi connectivity index (χ3n) is 2.55. The molecule has 0 aliphatic carbocycles. The van der Waals surface area contributed by atoms with E-state index in [4.69, 9.17) is 9.47 Å². The Morgan fingerprint density at radius 1 is 1.29 bits per heavy atom. The number of anilines is 1. The average Bonchev–Trinajstić information content (AvgIpc) is 2.48. The Hall–Kier alpha value is -1.73. The molecule has 21 heavy (non-hydrogen) atoms. The van der Waals surface area contributed by atoms with Gasteiger partial charge in [-0.2, -0.15) is 4.98 Å². The summed E-state index contributed by atoms with van der Waals surface area (Å²) in [6, 6.07) is 6.15. The molecule has 0 radical (unpaired) electrons. The van der Waals surface area contributed by atoms with Crippen molar-refractivity contribution in [3.63, 3.8) is 0 Å². The normalized spacial score (nSPS) is 10.5. The van der Waals surface area contributed by atoms with Gasteiger partial charge in [0.1, 0.15) is 12.4 Å². The summed E-state index contributed by atoms with van der Waals surface area (Å²) < 4.78 is 25.2. The first-order valence-corrected chi connectivity index (χ1v) is 7.18. The highest BCUT2D eigenvalue weighted by Gasteiger charge is 2.09. The van der Waals surface area contributed by atoms with Crippen LogP contribution in [0.5, 0.6) is 11.6 Å². The third kappa shape index (κ3) is 4.37. The molecule has 0 bridgehead atoms. The maximum absolute atomic E-state index is 13.8. The zero-order valence-electron chi connectivity index (χ0n) is 11.7. The van der Waals surface area contributed by atoms with Crippen molar-refractivity contribution in [1.29, 1.82) is 0 Å². The van der Waals surface area contributed by atoms with Crippen LogP contribution in [0, 0.1) is 5.82 Å². The van der Waals surface area contributed by atoms with Gasteiger partial charge in [0.15, 0.2) is 17.4 Å². The molecule has 0 atom stereocenters. The fraction of sp³-hybridized carbons (Fsp3) is 0.286. The van der Waals surface area contributed by atoms with Gasteiger partial charge in [-0.1, -0.05) is 15.9 Å². The molecular weight excluding hydrogens is 341 g/mol. The van der Waals surface area contributed by atoms with Crippen molar-refractivity contribution in [3.8, 4) is 11.6 Å². The van der Waals surface area contributed by atoms with Crippen molar-refractivity contribution in [2.24, 2.45) is 0 Å². The van der Waals surface area contributed by atoms with Crippen LogP contribution in [-0.4, -0.2) is 23.6 Å². The van der Waals surface area contributed by atoms with Crippen molar-refractivity contribution in [2.45, 2.75) is 13.5 Å². The second-order valence-electron chi connectivity index (χ2n) is 4.07. The van der Waals surface area contributed by atoms with Crippen LogP contribution in [0.2, 0.25) is 0 Å². The van der Waals surface area contributed by atoms with Crippen LogP contribution in [0.1, 0.15) is 12.7 Å². The standard InChI is InChI=1S/C14H15BrFN3O2/c1-3-20-8-13-18-12(17-2)7-14(19-13)21-11-5-4-9(15)6-10(11)16/h4-7H,3,8H2,1-2H3,(H,17,18,19). The molecular formula is C14H15BrFN3O2. The Balaban J connectivity index is 2.25. The molecule has 7 heteroatoms. The minimum Gasteiger partial charge on any atom is -0.436 e. The molecule has 1 heterocycles. The summed E-state index contributed by atoms with van der Waals surface area (Å²) in [7, 11) is 1.73. The second kappa shape index (κ2) is 7.33. The van der Waals surface area contributed by atoms with E-state index in [2.05, 4.69) is 31.2 Å². The van der Waals surface area contributed by atoms with Crippen LogP contribution in [0.25, 0.3) is 0 Å². The van der Waals surface area contributed by atoms with Gasteiger partial charge in [-0.3, -0.25) is 0 Å². The number of nitrogens with one attached hydrogen (secondary N) is 1. The van der Waals surface area contributed by atoms with Gasteiger partial charge < -0.3 is 14.8 Å². The fourth-order valence-electron chi connectivity index (χ4n) is 1.58. The number of halogens is 2. The van der Waals surface area contributed by atoms with Crippen LogP contribution in [0.15, 0.2) is 28.7 Å². The van der Waals surface area contributed by atoms with Crippen molar-refractivity contribution in [1.82, 2.24) is 9.97 Å². The Kier molecular flexibility index (Phi) is 5.46. The topological polar surface area (TPSA) is 56.3 Å². The molecule has 2 rings (SSSR count). The van der Waals surface area contributed by atoms with Crippen molar-refractivity contribution in [2.75, 3.05) is 19.0 Å². The van der Waals surface area contributed by atoms with Crippen molar-refractivity contribution >= 4 is 21.7 Å². The Morgan fingerprint density at radius 3 is 2.76 bits per heavy atom. The number of hydrogen-bond acceptors (Lipinski definition) is 5. The van der Waals surface area contributed by atoms with Gasteiger partial charge in [0.05, 0.1) is 0 Å². The summed E-state index contributed by atoms with van der Waals surface area (Å²) >= 11 is 3.20. The van der Waals surface area contributed by atoms with Crippen LogP contribution in [0.3, 0.4) is 0 Å². The van der Waals surface area contributed by atoms with Crippen LogP contribution in [0.4, 0.5) is 10.2 Å². The monoisotopic (exact) mass is 355 g/mol. The van der Waals surface area contributed by atoms with Crippen LogP contribution in [-0.2, 0) is 11.3 Å². The lowest BCUT2D eigenvalue weighted by atomic mass is 10.3. The molecule has 0 spiro atoms. The maximum atomic E-state index is 13.8. The number of nitrogens with zero attached hydrogens (tertiary/aromatic N) is 2. The van der Waals surface area contributed by atoms with Crippen LogP contribution < -0.4 is 10.1 Å². The van der Waals surface area contributed by atoms with Gasteiger partial charge in [-0.25, -0.2) is 9.37 Å². The summed E-state index contributed by atoms with van der Waals surface area (Å²) in [5.41, 5.74) is 0. The lowest BCUT2D eigenvalue weighted by Gasteiger charge is -2.10. The summed E-state index contributed by atoms with van der Waals surface area (Å²) in [5, 5.41) is 2.91. The number of hydrogen-bond donors (Lipinski definition) is 1. The minimum absolute atomic E-state index is 0.0984. The summed E-state index contributed by atoms with van der Waals surface area (Å²) in [6.07, 6.45) is 0. The summed E-state index contributed by atoms with van der Waals surface area (Å²) in [5.74, 6) is 0.926. The van der Waals surface area contributed by atoms with E-state index in [0.717, 1.165) is 0 Å². The van der Waals surface area contributed by atoms with Crippen molar-refractivity contribution in [3.05, 3.63) is 40.4 Å². The second-order valence-corrected chi connectivity index (χ2v) is 4.99. The van der Waals surface area contributed by atoms with E-state index < -0.39 is 5.82 Å². The van der Waals surface area contributed by atoms with E-state index in [1.54, 1.807) is 19.2 Å². The van der Waals surface area contributed by atoms with Crippen molar-refractivity contribution < 1.29 is 13.9 Å². The SMILES string of the molecule is CCOCc1nc(NC)cc(Oc2ccc(Br)cc2F)n1. The number of benzene rings is 1. The molecule has 1 aromatic carbocycles. The van der Waals surface area contributed by atoms with Gasteiger partial charge in [0.25, 0.3) is 0 Å². The minimum atomic E-state index is -0.472. The lowest BCUT2D eigenvalue weighted by molar-refractivity contribution is 0.128. The maximum Gasteiger partial charge on any atom is 0.224 e. The number of aromatic nitrogens is 2. The lowest BCUT2D eigenvalue weighted by Crippen LogP contribution is -2.04. The van der Waals surface area contributed by atoms with E-state index in [-0.39, 0.29) is 18.2 Å². The first-order valence-electron chi connectivity index (χ1n) is 6.38. The zero-order chi connectivity index (χ0) is 15.2. The van der Waals surface area contributed by atoms with E-state index in [1.807, 2.05) is 6.92 Å². The number of rotatable bonds is 6. The Morgan fingerprint density at radius 2 is 2.10 bits per heavy atom. The van der Waals surface area contributed by atoms with E-state index in [0.29, 0.717) is 22.7 Å². The highest BCUT2D eigenvalue weighted by atomic mass is 79.9. The van der Waals surface area contributed by atoms with E-state index in [1.165, 1.54) is 12.1 Å². The highest BCUT2D eigenvalue weighted by molar-refractivity contribution is 9.10. The fourth-order valence-corrected chi connectivity index (χ4v) is 1.91. The molecule has 112 valence electrons. The summed E-state index contributed by atoms with van der Waals surface area (Å²) in [4.78, 5) is 8.44. The van der Waals surface area contributed by atoms with E-state index in [9.17, 15) is 4.39 Å². The Labute approximate surface area is 130 Å². The average molecular weight is 356 g/mol. The smallest absolute Gasteiger partial charge is 0.224 e. The largest absolute Gasteiger partial charge is 0.436 e. The first kappa shape index (κ1) is 15.7. The van der Waals surface area contributed by atoms with Gasteiger partial charge >= 0.3 is 0 Å². The predicted molar refractivity (Wildman–Crippen MR) is 81.1 cm³/mol. The molecule has 1 N–H and O–H groups in total. The van der Waals surface area contributed by atoms with Gasteiger partial charge in [-0.15, -0.1) is 0 Å². The van der Waals surface area contributed by atoms with Gasteiger partial charge in [-0.05, 0) is 25.1 Å². The molecule has 0 saturated carbocycles. The van der Waals surface area contributed by atoms with E-state index >= 15 is 0 Å².